The maximum absolute atomic E-state index is 12.3. The highest BCUT2D eigenvalue weighted by atomic mass is 16.1. The molecule has 0 saturated carbocycles. The number of Topliss-reactive ketones (excluding diaryl/α,β-unsaturated/α-hetero) is 1. The van der Waals surface area contributed by atoms with E-state index in [0.717, 1.165) is 25.1 Å². The number of carbonyl (C=O) groups excluding carboxylic acids is 1. The van der Waals surface area contributed by atoms with Gasteiger partial charge in [0.1, 0.15) is 0 Å². The van der Waals surface area contributed by atoms with Crippen LogP contribution in [0, 0.1) is 5.92 Å². The first-order chi connectivity index (χ1) is 7.98. The van der Waals surface area contributed by atoms with E-state index in [0.29, 0.717) is 5.78 Å². The first-order valence-electron chi connectivity index (χ1n) is 6.33. The maximum Gasteiger partial charge on any atom is 0.167 e. The largest absolute Gasteiger partial charge is 0.298 e. The number of benzene rings is 1. The predicted octanol–water partition coefficient (Wildman–Crippen LogP) is 2.99. The third-order valence-electron chi connectivity index (χ3n) is 3.57. The number of carbonyl (C=O) groups is 1. The molecule has 2 heteroatoms. The molecule has 0 bridgehead atoms. The van der Waals surface area contributed by atoms with Crippen molar-refractivity contribution in [3.8, 4) is 0 Å². The Morgan fingerprint density at radius 1 is 1.24 bits per heavy atom. The van der Waals surface area contributed by atoms with E-state index in [1.165, 1.54) is 0 Å². The SMILES string of the molecule is CC(C)(C)N1CCC(C(=O)c2ccccc2)C1. The standard InChI is InChI=1S/C15H21NO/c1-15(2,3)16-10-9-13(11-16)14(17)12-7-5-4-6-8-12/h4-8,13H,9-11H2,1-3H3. The first-order valence-corrected chi connectivity index (χ1v) is 6.33. The van der Waals surface area contributed by atoms with Gasteiger partial charge in [0.05, 0.1) is 0 Å². The number of hydrogen-bond acceptors (Lipinski definition) is 2. The van der Waals surface area contributed by atoms with Crippen molar-refractivity contribution in [2.45, 2.75) is 32.7 Å². The smallest absolute Gasteiger partial charge is 0.167 e. The molecule has 1 fully saturated rings. The van der Waals surface area contributed by atoms with Crippen LogP contribution in [-0.2, 0) is 0 Å². The predicted molar refractivity (Wildman–Crippen MR) is 70.2 cm³/mol. The molecule has 1 heterocycles. The lowest BCUT2D eigenvalue weighted by atomic mass is 9.97. The second-order valence-electron chi connectivity index (χ2n) is 5.83. The van der Waals surface area contributed by atoms with E-state index in [-0.39, 0.29) is 11.5 Å². The Morgan fingerprint density at radius 3 is 2.41 bits per heavy atom. The third kappa shape index (κ3) is 2.75. The average molecular weight is 231 g/mol. The first kappa shape index (κ1) is 12.3. The topological polar surface area (TPSA) is 20.3 Å². The Bertz CT molecular complexity index is 391. The van der Waals surface area contributed by atoms with Crippen LogP contribution in [0.1, 0.15) is 37.6 Å². The molecule has 0 aromatic heterocycles. The Hall–Kier alpha value is -1.15. The zero-order valence-electron chi connectivity index (χ0n) is 10.9. The van der Waals surface area contributed by atoms with Gasteiger partial charge in [-0.1, -0.05) is 30.3 Å². The van der Waals surface area contributed by atoms with Crippen LogP contribution in [0.4, 0.5) is 0 Å². The van der Waals surface area contributed by atoms with Gasteiger partial charge in [0.25, 0.3) is 0 Å². The van der Waals surface area contributed by atoms with Gasteiger partial charge >= 0.3 is 0 Å². The molecule has 1 saturated heterocycles. The van der Waals surface area contributed by atoms with E-state index in [4.69, 9.17) is 0 Å². The van der Waals surface area contributed by atoms with Crippen molar-refractivity contribution in [1.82, 2.24) is 4.90 Å². The summed E-state index contributed by atoms with van der Waals surface area (Å²) in [6.45, 7) is 8.57. The molecule has 1 aliphatic rings. The van der Waals surface area contributed by atoms with Crippen molar-refractivity contribution in [3.05, 3.63) is 35.9 Å². The lowest BCUT2D eigenvalue weighted by Gasteiger charge is -2.31. The molecule has 1 aliphatic heterocycles. The van der Waals surface area contributed by atoms with Gasteiger partial charge in [-0.25, -0.2) is 0 Å². The van der Waals surface area contributed by atoms with Gasteiger partial charge in [0, 0.05) is 23.6 Å². The summed E-state index contributed by atoms with van der Waals surface area (Å²) in [6.07, 6.45) is 0.991. The van der Waals surface area contributed by atoms with Gasteiger partial charge in [0.15, 0.2) is 5.78 Å². The molecule has 0 amide bonds. The van der Waals surface area contributed by atoms with E-state index < -0.39 is 0 Å². The summed E-state index contributed by atoms with van der Waals surface area (Å²) in [7, 11) is 0. The maximum atomic E-state index is 12.3. The number of likely N-dealkylation sites (tertiary alicyclic amines) is 1. The lowest BCUT2D eigenvalue weighted by molar-refractivity contribution is 0.0908. The minimum absolute atomic E-state index is 0.172. The molecule has 92 valence electrons. The van der Waals surface area contributed by atoms with E-state index in [1.807, 2.05) is 30.3 Å². The second kappa shape index (κ2) is 4.61. The van der Waals surface area contributed by atoms with Crippen LogP contribution in [0.5, 0.6) is 0 Å². The summed E-state index contributed by atoms with van der Waals surface area (Å²) in [6, 6.07) is 9.66. The summed E-state index contributed by atoms with van der Waals surface area (Å²) in [5, 5.41) is 0. The van der Waals surface area contributed by atoms with Crippen molar-refractivity contribution in [1.29, 1.82) is 0 Å². The molecule has 0 radical (unpaired) electrons. The minimum atomic E-state index is 0.172. The molecule has 0 aliphatic carbocycles. The summed E-state index contributed by atoms with van der Waals surface area (Å²) in [4.78, 5) is 14.7. The number of ketones is 1. The van der Waals surface area contributed by atoms with Crippen LogP contribution in [0.15, 0.2) is 30.3 Å². The molecule has 17 heavy (non-hydrogen) atoms. The van der Waals surface area contributed by atoms with Gasteiger partial charge < -0.3 is 0 Å². The fourth-order valence-corrected chi connectivity index (χ4v) is 2.42. The van der Waals surface area contributed by atoms with Gasteiger partial charge in [0.2, 0.25) is 0 Å². The van der Waals surface area contributed by atoms with E-state index >= 15 is 0 Å². The monoisotopic (exact) mass is 231 g/mol. The summed E-state index contributed by atoms with van der Waals surface area (Å²) in [5.74, 6) is 0.481. The quantitative estimate of drug-likeness (QED) is 0.729. The van der Waals surface area contributed by atoms with Gasteiger partial charge in [-0.2, -0.15) is 0 Å². The molecule has 1 aromatic carbocycles. The zero-order valence-corrected chi connectivity index (χ0v) is 10.9. The van der Waals surface area contributed by atoms with Crippen molar-refractivity contribution in [3.63, 3.8) is 0 Å². The van der Waals surface area contributed by atoms with Gasteiger partial charge in [-0.3, -0.25) is 9.69 Å². The van der Waals surface area contributed by atoms with Crippen LogP contribution in [0.2, 0.25) is 0 Å². The van der Waals surface area contributed by atoms with Gasteiger partial charge in [-0.15, -0.1) is 0 Å². The molecule has 0 spiro atoms. The van der Waals surface area contributed by atoms with Crippen LogP contribution in [-0.4, -0.2) is 29.3 Å². The van der Waals surface area contributed by atoms with Crippen LogP contribution in [0.25, 0.3) is 0 Å². The van der Waals surface area contributed by atoms with E-state index in [9.17, 15) is 4.79 Å². The highest BCUT2D eigenvalue weighted by Gasteiger charge is 2.33. The lowest BCUT2D eigenvalue weighted by Crippen LogP contribution is -2.39. The number of nitrogens with zero attached hydrogens (tertiary/aromatic N) is 1. The van der Waals surface area contributed by atoms with Crippen molar-refractivity contribution in [2.24, 2.45) is 5.92 Å². The summed E-state index contributed by atoms with van der Waals surface area (Å²) < 4.78 is 0. The molecule has 0 N–H and O–H groups in total. The Labute approximate surface area is 104 Å². The Kier molecular flexibility index (Phi) is 3.34. The molecular weight excluding hydrogens is 210 g/mol. The highest BCUT2D eigenvalue weighted by molar-refractivity contribution is 5.98. The fraction of sp³-hybridized carbons (Fsp3) is 0.533. The van der Waals surface area contributed by atoms with Crippen LogP contribution >= 0.6 is 0 Å². The molecule has 1 atom stereocenters. The molecule has 1 aromatic rings. The number of rotatable bonds is 2. The van der Waals surface area contributed by atoms with E-state index in [1.54, 1.807) is 0 Å². The molecule has 2 nitrogen and oxygen atoms in total. The summed E-state index contributed by atoms with van der Waals surface area (Å²) >= 11 is 0. The zero-order chi connectivity index (χ0) is 12.5. The van der Waals surface area contributed by atoms with Crippen molar-refractivity contribution < 1.29 is 4.79 Å². The van der Waals surface area contributed by atoms with E-state index in [2.05, 4.69) is 25.7 Å². The van der Waals surface area contributed by atoms with Crippen LogP contribution < -0.4 is 0 Å². The number of hydrogen-bond donors (Lipinski definition) is 0. The van der Waals surface area contributed by atoms with Crippen LogP contribution in [0.3, 0.4) is 0 Å². The fourth-order valence-electron chi connectivity index (χ4n) is 2.42. The highest BCUT2D eigenvalue weighted by Crippen LogP contribution is 2.26. The van der Waals surface area contributed by atoms with Crippen molar-refractivity contribution >= 4 is 5.78 Å². The summed E-state index contributed by atoms with van der Waals surface area (Å²) in [5.41, 5.74) is 1.03. The van der Waals surface area contributed by atoms with Crippen molar-refractivity contribution in [2.75, 3.05) is 13.1 Å². The normalized spacial score (nSPS) is 21.7. The Balaban J connectivity index is 2.05. The van der Waals surface area contributed by atoms with Gasteiger partial charge in [-0.05, 0) is 33.7 Å². The minimum Gasteiger partial charge on any atom is -0.298 e. The average Bonchev–Trinajstić information content (AvgIpc) is 2.78. The molecule has 1 unspecified atom stereocenters. The second-order valence-corrected chi connectivity index (χ2v) is 5.83. The molecular formula is C15H21NO. The Morgan fingerprint density at radius 2 is 1.88 bits per heavy atom. The third-order valence-corrected chi connectivity index (χ3v) is 3.57. The molecule has 2 rings (SSSR count).